The van der Waals surface area contributed by atoms with Gasteiger partial charge in [0.15, 0.2) is 0 Å². The van der Waals surface area contributed by atoms with Crippen molar-refractivity contribution in [3.8, 4) is 22.3 Å². The molecule has 6 aromatic rings. The Morgan fingerprint density at radius 3 is 1.29 bits per heavy atom. The molecule has 2 aliphatic carbocycles. The molecule has 0 saturated carbocycles. The molecule has 0 saturated heterocycles. The second-order valence-electron chi connectivity index (χ2n) is 11.5. The number of benzene rings is 4. The van der Waals surface area contributed by atoms with E-state index >= 15 is 0 Å². The highest BCUT2D eigenvalue weighted by Gasteiger charge is 2.30. The van der Waals surface area contributed by atoms with Crippen molar-refractivity contribution in [3.63, 3.8) is 0 Å². The van der Waals surface area contributed by atoms with Gasteiger partial charge in [-0.25, -0.2) is 4.79 Å². The maximum Gasteiger partial charge on any atom is 0.403 e. The molecule has 2 aliphatic rings. The van der Waals surface area contributed by atoms with Gasteiger partial charge < -0.3 is 15.2 Å². The third kappa shape index (κ3) is 8.03. The molecule has 244 valence electrons. The van der Waals surface area contributed by atoms with E-state index in [0.29, 0.717) is 6.61 Å². The molecule has 4 aromatic carbocycles. The Balaban J connectivity index is 0.000000146. The first-order valence-electron chi connectivity index (χ1n) is 15.9. The third-order valence-corrected chi connectivity index (χ3v) is 8.61. The molecule has 0 bridgehead atoms. The molecule has 2 N–H and O–H groups in total. The van der Waals surface area contributed by atoms with Gasteiger partial charge in [-0.1, -0.05) is 97.1 Å². The zero-order valence-corrected chi connectivity index (χ0v) is 27.4. The van der Waals surface area contributed by atoms with Crippen LogP contribution >= 0.6 is 11.6 Å². The van der Waals surface area contributed by atoms with Crippen molar-refractivity contribution in [1.29, 1.82) is 0 Å². The third-order valence-electron chi connectivity index (χ3n) is 8.50. The lowest BCUT2D eigenvalue weighted by atomic mass is 9.98. The van der Waals surface area contributed by atoms with Gasteiger partial charge in [0.25, 0.3) is 0 Å². The summed E-state index contributed by atoms with van der Waals surface area (Å²) in [5.74, 6) is -0.0121. The van der Waals surface area contributed by atoms with Gasteiger partial charge >= 0.3 is 11.4 Å². The van der Waals surface area contributed by atoms with Crippen LogP contribution in [0.15, 0.2) is 146 Å². The monoisotopic (exact) mass is 667 g/mol. The number of nitrogens with two attached hydrogens (primary N) is 1. The number of anilines is 1. The van der Waals surface area contributed by atoms with Gasteiger partial charge in [0.1, 0.15) is 13.2 Å². The maximum absolute atomic E-state index is 12.2. The maximum atomic E-state index is 12.2. The van der Waals surface area contributed by atoms with Crippen molar-refractivity contribution in [2.45, 2.75) is 18.3 Å². The zero-order chi connectivity index (χ0) is 34.0. The summed E-state index contributed by atoms with van der Waals surface area (Å²) in [6, 6.07) is 40.2. The molecule has 0 amide bonds. The predicted octanol–water partition coefficient (Wildman–Crippen LogP) is 8.82. The number of nitrogen functional groups attached to an aromatic ring is 1. The van der Waals surface area contributed by atoms with Gasteiger partial charge in [-0.05, 0) is 74.3 Å². The number of esters is 1. The number of ether oxygens (including phenoxy) is 2. The van der Waals surface area contributed by atoms with E-state index in [1.54, 1.807) is 36.9 Å². The summed E-state index contributed by atoms with van der Waals surface area (Å²) >= 11 is 5.25. The minimum atomic E-state index is -0.753. The summed E-state index contributed by atoms with van der Waals surface area (Å²) in [5.41, 5.74) is 16.0. The largest absolute Gasteiger partial charge is 0.464 e. The number of hydrogen-bond donors (Lipinski definition) is 1. The lowest BCUT2D eigenvalue weighted by molar-refractivity contribution is -0.143. The summed E-state index contributed by atoms with van der Waals surface area (Å²) < 4.78 is 10.6. The van der Waals surface area contributed by atoms with Crippen LogP contribution in [0.3, 0.4) is 0 Å². The van der Waals surface area contributed by atoms with Crippen LogP contribution in [-0.2, 0) is 20.7 Å². The number of hydrogen-bond acceptors (Lipinski definition) is 7. The number of pyridine rings is 2. The molecule has 8 heteroatoms. The van der Waals surface area contributed by atoms with Gasteiger partial charge in [-0.2, -0.15) is 0 Å². The van der Waals surface area contributed by atoms with Gasteiger partial charge in [0, 0.05) is 53.9 Å². The second kappa shape index (κ2) is 15.9. The van der Waals surface area contributed by atoms with E-state index in [0.717, 1.165) is 11.3 Å². The molecule has 2 heterocycles. The van der Waals surface area contributed by atoms with Crippen molar-refractivity contribution >= 4 is 28.7 Å². The Bertz CT molecular complexity index is 1950. The average molecular weight is 668 g/mol. The minimum absolute atomic E-state index is 0.0834. The number of carbonyl (C=O) groups is 2. The SMILES string of the molecule is Nc1ccncc1.O=C(Cc1ccncc1)OCC1c2ccccc2-c2ccccc21.O=C(Cl)OCC1c2ccccc2-c2ccccc21. The van der Waals surface area contributed by atoms with Crippen molar-refractivity contribution in [3.05, 3.63) is 174 Å². The number of halogens is 1. The van der Waals surface area contributed by atoms with Crippen LogP contribution in [-0.4, -0.2) is 34.6 Å². The van der Waals surface area contributed by atoms with Crippen molar-refractivity contribution in [1.82, 2.24) is 9.97 Å². The van der Waals surface area contributed by atoms with Crippen LogP contribution in [0, 0.1) is 0 Å². The molecule has 0 radical (unpaired) electrons. The molecule has 0 atom stereocenters. The first-order chi connectivity index (χ1) is 24.0. The standard InChI is InChI=1S/C21H17NO2.C15H11ClO2.C5H6N2/c23-21(13-15-9-11-22-12-10-15)24-14-20-18-7-3-1-5-16(18)17-6-2-4-8-19(17)20;16-15(17)18-9-14-12-7-3-1-5-10(12)11-6-2-4-8-13(11)14;6-5-1-3-7-4-2-5/h1-12,20H,13-14H2;1-8,14H,9H2;1-4H,(H2,6,7). The van der Waals surface area contributed by atoms with Crippen molar-refractivity contribution in [2.24, 2.45) is 0 Å². The molecule has 0 fully saturated rings. The lowest BCUT2D eigenvalue weighted by Gasteiger charge is -2.14. The van der Waals surface area contributed by atoms with E-state index in [2.05, 4.69) is 58.5 Å². The fraction of sp³-hybridized carbons (Fsp3) is 0.122. The van der Waals surface area contributed by atoms with E-state index in [9.17, 15) is 9.59 Å². The minimum Gasteiger partial charge on any atom is -0.464 e. The van der Waals surface area contributed by atoms with Crippen LogP contribution < -0.4 is 5.73 Å². The number of rotatable bonds is 6. The fourth-order valence-electron chi connectivity index (χ4n) is 6.29. The molecule has 49 heavy (non-hydrogen) atoms. The van der Waals surface area contributed by atoms with E-state index in [4.69, 9.17) is 26.8 Å². The summed E-state index contributed by atoms with van der Waals surface area (Å²) in [7, 11) is 0. The second-order valence-corrected chi connectivity index (χ2v) is 11.8. The predicted molar refractivity (Wildman–Crippen MR) is 192 cm³/mol. The van der Waals surface area contributed by atoms with E-state index in [1.807, 2.05) is 60.7 Å². The van der Waals surface area contributed by atoms with Crippen LogP contribution in [0.1, 0.15) is 39.7 Å². The van der Waals surface area contributed by atoms with Crippen LogP contribution in [0.4, 0.5) is 10.5 Å². The highest BCUT2D eigenvalue weighted by atomic mass is 35.5. The Kier molecular flexibility index (Phi) is 10.7. The molecular weight excluding hydrogens is 634 g/mol. The summed E-state index contributed by atoms with van der Waals surface area (Å²) in [6.45, 7) is 0.661. The molecular formula is C41H34ClN3O4. The van der Waals surface area contributed by atoms with Gasteiger partial charge in [0.2, 0.25) is 0 Å². The summed E-state index contributed by atoms with van der Waals surface area (Å²) in [4.78, 5) is 30.6. The average Bonchev–Trinajstić information content (AvgIpc) is 3.63. The van der Waals surface area contributed by atoms with E-state index < -0.39 is 5.43 Å². The van der Waals surface area contributed by atoms with E-state index in [1.165, 1.54) is 44.5 Å². The van der Waals surface area contributed by atoms with E-state index in [-0.39, 0.29) is 30.8 Å². The van der Waals surface area contributed by atoms with Crippen LogP contribution in [0.5, 0.6) is 0 Å². The highest BCUT2D eigenvalue weighted by Crippen LogP contribution is 2.45. The molecule has 8 rings (SSSR count). The van der Waals surface area contributed by atoms with Crippen molar-refractivity contribution < 1.29 is 19.1 Å². The molecule has 0 unspecified atom stereocenters. The quantitative estimate of drug-likeness (QED) is 0.140. The first kappa shape index (κ1) is 33.1. The van der Waals surface area contributed by atoms with Crippen molar-refractivity contribution in [2.75, 3.05) is 18.9 Å². The summed E-state index contributed by atoms with van der Waals surface area (Å²) in [6.07, 6.45) is 6.97. The number of carbonyl (C=O) groups excluding carboxylic acids is 2. The Morgan fingerprint density at radius 1 is 0.551 bits per heavy atom. The zero-order valence-electron chi connectivity index (χ0n) is 26.6. The topological polar surface area (TPSA) is 104 Å². The van der Waals surface area contributed by atoms with Gasteiger partial charge in [-0.3, -0.25) is 14.8 Å². The van der Waals surface area contributed by atoms with Crippen LogP contribution in [0.2, 0.25) is 0 Å². The highest BCUT2D eigenvalue weighted by molar-refractivity contribution is 6.61. The smallest absolute Gasteiger partial charge is 0.403 e. The first-order valence-corrected chi connectivity index (χ1v) is 16.3. The number of aromatic nitrogens is 2. The number of fused-ring (bicyclic) bond motifs is 6. The molecule has 7 nitrogen and oxygen atoms in total. The number of nitrogens with zero attached hydrogens (tertiary/aromatic N) is 2. The molecule has 2 aromatic heterocycles. The van der Waals surface area contributed by atoms with Gasteiger partial charge in [0.05, 0.1) is 6.42 Å². The Morgan fingerprint density at radius 2 is 0.918 bits per heavy atom. The Labute approximate surface area is 290 Å². The lowest BCUT2D eigenvalue weighted by Crippen LogP contribution is -2.14. The van der Waals surface area contributed by atoms with Gasteiger partial charge in [-0.15, -0.1) is 0 Å². The van der Waals surface area contributed by atoms with Crippen LogP contribution in [0.25, 0.3) is 22.3 Å². The fourth-order valence-corrected chi connectivity index (χ4v) is 6.35. The Hall–Kier alpha value is -5.79. The summed E-state index contributed by atoms with van der Waals surface area (Å²) in [5, 5.41) is 0. The molecule has 0 spiro atoms. The normalized spacial score (nSPS) is 12.1. The molecule has 0 aliphatic heterocycles.